The molecule has 68 heavy (non-hydrogen) atoms. The maximum Gasteiger partial charge on any atom is 0.306 e. The van der Waals surface area contributed by atoms with Gasteiger partial charge in [-0.3, -0.25) is 14.4 Å². The van der Waals surface area contributed by atoms with Crippen LogP contribution < -0.4 is 0 Å². The lowest BCUT2D eigenvalue weighted by atomic mass is 10.1. The maximum atomic E-state index is 12.8. The number of allylic oxidation sites excluding steroid dienone is 16. The summed E-state index contributed by atoms with van der Waals surface area (Å²) in [6.45, 7) is 6.48. The first-order chi connectivity index (χ1) is 33.5. The molecular formula is C62H104O6. The molecule has 0 aliphatic carbocycles. The first kappa shape index (κ1) is 64.3. The molecule has 0 aliphatic rings. The first-order valence-electron chi connectivity index (χ1n) is 28.2. The molecular weight excluding hydrogens is 841 g/mol. The summed E-state index contributed by atoms with van der Waals surface area (Å²) in [5.41, 5.74) is 0. The molecule has 388 valence electrons. The van der Waals surface area contributed by atoms with E-state index < -0.39 is 6.10 Å². The van der Waals surface area contributed by atoms with Gasteiger partial charge in [0.1, 0.15) is 13.2 Å². The van der Waals surface area contributed by atoms with Gasteiger partial charge in [-0.15, -0.1) is 0 Å². The predicted molar refractivity (Wildman–Crippen MR) is 293 cm³/mol. The van der Waals surface area contributed by atoms with Gasteiger partial charge in [-0.25, -0.2) is 0 Å². The summed E-state index contributed by atoms with van der Waals surface area (Å²) in [7, 11) is 0. The highest BCUT2D eigenvalue weighted by molar-refractivity contribution is 5.71. The quantitative estimate of drug-likeness (QED) is 0.0262. The minimum Gasteiger partial charge on any atom is -0.462 e. The summed E-state index contributed by atoms with van der Waals surface area (Å²) < 4.78 is 16.8. The van der Waals surface area contributed by atoms with Crippen molar-refractivity contribution in [2.75, 3.05) is 13.2 Å². The fraction of sp³-hybridized carbons (Fsp3) is 0.694. The van der Waals surface area contributed by atoms with Crippen molar-refractivity contribution in [2.45, 2.75) is 264 Å². The van der Waals surface area contributed by atoms with E-state index in [1.54, 1.807) is 0 Å². The van der Waals surface area contributed by atoms with Crippen LogP contribution >= 0.6 is 0 Å². The number of carbonyl (C=O) groups excluding carboxylic acids is 3. The Morgan fingerprint density at radius 2 is 0.574 bits per heavy atom. The molecule has 0 bridgehead atoms. The molecule has 0 saturated carbocycles. The van der Waals surface area contributed by atoms with Crippen LogP contribution in [0.2, 0.25) is 0 Å². The third-order valence-corrected chi connectivity index (χ3v) is 11.9. The SMILES string of the molecule is CC/C=C\C/C=C\C/C=C\C/C=C\C/C=C\C/C=C\C/C=C\C/C=C\CCCCCCC(=O)OCC(COC(=O)CCCCCCCCCCCC)OC(=O)CCCCCCCCCCCCC. The van der Waals surface area contributed by atoms with Gasteiger partial charge in [0, 0.05) is 19.3 Å². The van der Waals surface area contributed by atoms with E-state index in [4.69, 9.17) is 14.2 Å². The lowest BCUT2D eigenvalue weighted by Gasteiger charge is -2.18. The van der Waals surface area contributed by atoms with E-state index in [-0.39, 0.29) is 31.1 Å². The third-order valence-electron chi connectivity index (χ3n) is 11.9. The van der Waals surface area contributed by atoms with Crippen LogP contribution in [0, 0.1) is 0 Å². The molecule has 0 amide bonds. The zero-order valence-corrected chi connectivity index (χ0v) is 44.3. The van der Waals surface area contributed by atoms with Crippen LogP contribution in [0.5, 0.6) is 0 Å². The monoisotopic (exact) mass is 945 g/mol. The minimum atomic E-state index is -0.783. The van der Waals surface area contributed by atoms with E-state index >= 15 is 0 Å². The van der Waals surface area contributed by atoms with E-state index in [9.17, 15) is 14.4 Å². The van der Waals surface area contributed by atoms with Crippen LogP contribution in [-0.4, -0.2) is 37.2 Å². The number of hydrogen-bond donors (Lipinski definition) is 0. The molecule has 0 aromatic carbocycles. The molecule has 0 saturated heterocycles. The van der Waals surface area contributed by atoms with Crippen molar-refractivity contribution >= 4 is 17.9 Å². The molecule has 0 aromatic heterocycles. The van der Waals surface area contributed by atoms with Gasteiger partial charge < -0.3 is 14.2 Å². The topological polar surface area (TPSA) is 78.9 Å². The van der Waals surface area contributed by atoms with Crippen molar-refractivity contribution < 1.29 is 28.6 Å². The van der Waals surface area contributed by atoms with E-state index in [0.717, 1.165) is 122 Å². The van der Waals surface area contributed by atoms with Crippen LogP contribution in [0.4, 0.5) is 0 Å². The van der Waals surface area contributed by atoms with Gasteiger partial charge in [0.25, 0.3) is 0 Å². The Morgan fingerprint density at radius 3 is 0.897 bits per heavy atom. The zero-order valence-electron chi connectivity index (χ0n) is 44.3. The first-order valence-corrected chi connectivity index (χ1v) is 28.2. The summed E-state index contributed by atoms with van der Waals surface area (Å²) in [4.78, 5) is 37.9. The summed E-state index contributed by atoms with van der Waals surface area (Å²) >= 11 is 0. The summed E-state index contributed by atoms with van der Waals surface area (Å²) in [6.07, 6.45) is 74.1. The molecule has 1 atom stereocenters. The normalized spacial score (nSPS) is 12.8. The molecule has 0 heterocycles. The Balaban J connectivity index is 4.26. The van der Waals surface area contributed by atoms with Crippen LogP contribution in [-0.2, 0) is 28.6 Å². The second-order valence-corrected chi connectivity index (χ2v) is 18.5. The highest BCUT2D eigenvalue weighted by atomic mass is 16.6. The Kier molecular flexibility index (Phi) is 52.9. The Hall–Kier alpha value is -3.67. The number of ether oxygens (including phenoxy) is 3. The number of rotatable bonds is 50. The van der Waals surface area contributed by atoms with Gasteiger partial charge >= 0.3 is 17.9 Å². The van der Waals surface area contributed by atoms with Gasteiger partial charge in [0.05, 0.1) is 0 Å². The molecule has 0 aliphatic heterocycles. The van der Waals surface area contributed by atoms with E-state index in [1.807, 2.05) is 0 Å². The fourth-order valence-corrected chi connectivity index (χ4v) is 7.63. The van der Waals surface area contributed by atoms with Gasteiger partial charge in [-0.1, -0.05) is 253 Å². The Morgan fingerprint density at radius 1 is 0.309 bits per heavy atom. The van der Waals surface area contributed by atoms with Gasteiger partial charge in [-0.05, 0) is 83.5 Å². The smallest absolute Gasteiger partial charge is 0.306 e. The van der Waals surface area contributed by atoms with Gasteiger partial charge in [0.2, 0.25) is 0 Å². The highest BCUT2D eigenvalue weighted by Gasteiger charge is 2.19. The van der Waals surface area contributed by atoms with Crippen LogP contribution in [0.1, 0.15) is 258 Å². The Labute approximate surface area is 419 Å². The zero-order chi connectivity index (χ0) is 49.3. The minimum absolute atomic E-state index is 0.0827. The van der Waals surface area contributed by atoms with Crippen molar-refractivity contribution in [1.29, 1.82) is 0 Å². The lowest BCUT2D eigenvalue weighted by molar-refractivity contribution is -0.167. The molecule has 0 aromatic rings. The van der Waals surface area contributed by atoms with E-state index in [1.165, 1.54) is 96.3 Å². The van der Waals surface area contributed by atoms with Crippen molar-refractivity contribution in [1.82, 2.24) is 0 Å². The standard InChI is InChI=1S/C62H104O6/c1-4-7-10-13-16-19-22-23-24-25-26-27-28-29-30-31-32-33-34-35-36-37-38-39-41-43-46-49-52-55-61(64)67-58-59(57-66-60(63)54-51-48-45-42-21-18-15-12-9-6-3)68-62(65)56-53-50-47-44-40-20-17-14-11-8-5-2/h7,10,16,19,23-24,26-27,29-30,32-33,35-36,38-39,59H,4-6,8-9,11-15,17-18,20-22,25,28,31,34,37,40-58H2,1-3H3/b10-7-,19-16-,24-23-,27-26-,30-29-,33-32-,36-35-,39-38-. The van der Waals surface area contributed by atoms with Crippen LogP contribution in [0.15, 0.2) is 97.2 Å². The third kappa shape index (κ3) is 53.3. The summed E-state index contributed by atoms with van der Waals surface area (Å²) in [6, 6.07) is 0. The van der Waals surface area contributed by atoms with Crippen molar-refractivity contribution in [3.05, 3.63) is 97.2 Å². The fourth-order valence-electron chi connectivity index (χ4n) is 7.63. The van der Waals surface area contributed by atoms with Crippen LogP contribution in [0.25, 0.3) is 0 Å². The number of carbonyl (C=O) groups is 3. The molecule has 0 fully saturated rings. The second kappa shape index (κ2) is 55.9. The van der Waals surface area contributed by atoms with Crippen molar-refractivity contribution in [3.63, 3.8) is 0 Å². The summed E-state index contributed by atoms with van der Waals surface area (Å²) in [5.74, 6) is -0.909. The molecule has 0 rings (SSSR count). The summed E-state index contributed by atoms with van der Waals surface area (Å²) in [5, 5.41) is 0. The molecule has 0 N–H and O–H groups in total. The number of hydrogen-bond acceptors (Lipinski definition) is 6. The van der Waals surface area contributed by atoms with Gasteiger partial charge in [-0.2, -0.15) is 0 Å². The molecule has 1 unspecified atom stereocenters. The number of esters is 3. The molecule has 6 heteroatoms. The number of unbranched alkanes of at least 4 members (excludes halogenated alkanes) is 23. The largest absolute Gasteiger partial charge is 0.462 e. The molecule has 0 spiro atoms. The molecule has 6 nitrogen and oxygen atoms in total. The average molecular weight is 946 g/mol. The average Bonchev–Trinajstić information content (AvgIpc) is 3.34. The highest BCUT2D eigenvalue weighted by Crippen LogP contribution is 2.15. The Bertz CT molecular complexity index is 1360. The van der Waals surface area contributed by atoms with Gasteiger partial charge in [0.15, 0.2) is 6.10 Å². The predicted octanol–water partition coefficient (Wildman–Crippen LogP) is 18.9. The van der Waals surface area contributed by atoms with Crippen molar-refractivity contribution in [3.8, 4) is 0 Å². The van der Waals surface area contributed by atoms with Crippen molar-refractivity contribution in [2.24, 2.45) is 0 Å². The molecule has 0 radical (unpaired) electrons. The second-order valence-electron chi connectivity index (χ2n) is 18.5. The van der Waals surface area contributed by atoms with E-state index in [2.05, 4.69) is 118 Å². The lowest BCUT2D eigenvalue weighted by Crippen LogP contribution is -2.30. The maximum absolute atomic E-state index is 12.8. The van der Waals surface area contributed by atoms with E-state index in [0.29, 0.717) is 19.3 Å². The van der Waals surface area contributed by atoms with Crippen LogP contribution in [0.3, 0.4) is 0 Å².